The molecule has 2 aromatic carbocycles. The van der Waals surface area contributed by atoms with Gasteiger partial charge < -0.3 is 10.6 Å². The highest BCUT2D eigenvalue weighted by Gasteiger charge is 2.34. The minimum atomic E-state index is -4.56. The van der Waals surface area contributed by atoms with Crippen LogP contribution in [0, 0.1) is 0 Å². The van der Waals surface area contributed by atoms with Gasteiger partial charge in [0.2, 0.25) is 0 Å². The van der Waals surface area contributed by atoms with Crippen LogP contribution in [-0.4, -0.2) is 37.7 Å². The maximum Gasteiger partial charge on any atom is 0.433 e. The van der Waals surface area contributed by atoms with Crippen molar-refractivity contribution in [2.75, 3.05) is 5.32 Å². The van der Waals surface area contributed by atoms with E-state index in [-0.39, 0.29) is 23.5 Å². The fourth-order valence-electron chi connectivity index (χ4n) is 4.46. The van der Waals surface area contributed by atoms with Crippen LogP contribution in [0.4, 0.5) is 18.9 Å². The molecule has 0 saturated heterocycles. The number of pyridine rings is 1. The molecule has 2 aromatic heterocycles. The SMILES string of the molecule is O=C(N[C@H]1CC[C@@H](Nc2cc(C(F)(F)F)nc3ccc(Cl)cc23)CC1)c1cccc(-n2cncn2)c1. The standard InChI is InChI=1S/C25H22ClF3N6O/c26-16-4-9-21-20(11-16)22(12-23(34-21)25(27,28)29)32-17-5-7-18(8-6-17)33-24(36)15-2-1-3-19(10-15)35-14-30-13-31-35/h1-4,9-14,17-18H,5-8H2,(H,32,34)(H,33,36)/t17-,18+. The Balaban J connectivity index is 1.24. The van der Waals surface area contributed by atoms with Gasteiger partial charge in [0, 0.05) is 33.7 Å². The maximum atomic E-state index is 13.4. The summed E-state index contributed by atoms with van der Waals surface area (Å²) in [5.74, 6) is -0.182. The highest BCUT2D eigenvalue weighted by molar-refractivity contribution is 6.31. The lowest BCUT2D eigenvalue weighted by Crippen LogP contribution is -2.40. The number of benzene rings is 2. The van der Waals surface area contributed by atoms with Crippen molar-refractivity contribution in [3.8, 4) is 5.69 Å². The van der Waals surface area contributed by atoms with Crippen molar-refractivity contribution in [3.63, 3.8) is 0 Å². The molecule has 0 radical (unpaired) electrons. The number of rotatable bonds is 5. The molecule has 1 fully saturated rings. The van der Waals surface area contributed by atoms with Gasteiger partial charge in [-0.3, -0.25) is 4.79 Å². The molecule has 7 nitrogen and oxygen atoms in total. The number of hydrogen-bond acceptors (Lipinski definition) is 5. The van der Waals surface area contributed by atoms with Crippen LogP contribution in [0.25, 0.3) is 16.6 Å². The van der Waals surface area contributed by atoms with E-state index in [1.165, 1.54) is 18.5 Å². The number of alkyl halides is 3. The molecule has 36 heavy (non-hydrogen) atoms. The van der Waals surface area contributed by atoms with Crippen LogP contribution in [0.3, 0.4) is 0 Å². The molecule has 2 N–H and O–H groups in total. The smallest absolute Gasteiger partial charge is 0.382 e. The number of anilines is 1. The van der Waals surface area contributed by atoms with Crippen molar-refractivity contribution in [2.45, 2.75) is 43.9 Å². The molecule has 2 heterocycles. The predicted octanol–water partition coefficient (Wildman–Crippen LogP) is 5.64. The summed E-state index contributed by atoms with van der Waals surface area (Å²) in [5, 5.41) is 11.4. The van der Waals surface area contributed by atoms with E-state index in [4.69, 9.17) is 11.6 Å². The van der Waals surface area contributed by atoms with Gasteiger partial charge in [-0.25, -0.2) is 14.6 Å². The molecule has 1 saturated carbocycles. The number of halogens is 4. The number of fused-ring (bicyclic) bond motifs is 1. The summed E-state index contributed by atoms with van der Waals surface area (Å²) in [6, 6.07) is 12.7. The lowest BCUT2D eigenvalue weighted by molar-refractivity contribution is -0.140. The zero-order valence-electron chi connectivity index (χ0n) is 19.0. The van der Waals surface area contributed by atoms with Gasteiger partial charge in [-0.05, 0) is 68.1 Å². The van der Waals surface area contributed by atoms with Crippen molar-refractivity contribution in [3.05, 3.63) is 77.5 Å². The van der Waals surface area contributed by atoms with E-state index in [9.17, 15) is 18.0 Å². The number of nitrogens with zero attached hydrogens (tertiary/aromatic N) is 4. The second-order valence-corrected chi connectivity index (χ2v) is 9.21. The molecule has 5 rings (SSSR count). The quantitative estimate of drug-likeness (QED) is 0.360. The fourth-order valence-corrected chi connectivity index (χ4v) is 4.64. The molecule has 186 valence electrons. The molecule has 4 aromatic rings. The van der Waals surface area contributed by atoms with Gasteiger partial charge in [0.05, 0.1) is 11.2 Å². The van der Waals surface area contributed by atoms with Crippen LogP contribution < -0.4 is 10.6 Å². The molecule has 0 unspecified atom stereocenters. The zero-order valence-corrected chi connectivity index (χ0v) is 19.7. The summed E-state index contributed by atoms with van der Waals surface area (Å²) >= 11 is 6.09. The van der Waals surface area contributed by atoms with Crippen molar-refractivity contribution < 1.29 is 18.0 Å². The lowest BCUT2D eigenvalue weighted by Gasteiger charge is -2.31. The van der Waals surface area contributed by atoms with E-state index in [2.05, 4.69) is 25.7 Å². The number of carbonyl (C=O) groups excluding carboxylic acids is 1. The van der Waals surface area contributed by atoms with Crippen molar-refractivity contribution in [1.82, 2.24) is 25.1 Å². The van der Waals surface area contributed by atoms with E-state index >= 15 is 0 Å². The largest absolute Gasteiger partial charge is 0.433 e. The van der Waals surface area contributed by atoms with Gasteiger partial charge in [0.1, 0.15) is 18.3 Å². The summed E-state index contributed by atoms with van der Waals surface area (Å²) in [4.78, 5) is 20.5. The molecule has 0 aliphatic heterocycles. The van der Waals surface area contributed by atoms with Crippen molar-refractivity contribution in [1.29, 1.82) is 0 Å². The predicted molar refractivity (Wildman–Crippen MR) is 130 cm³/mol. The number of hydrogen-bond donors (Lipinski definition) is 2. The van der Waals surface area contributed by atoms with Gasteiger partial charge in [-0.1, -0.05) is 17.7 Å². The molecular formula is C25H22ClF3N6O. The summed E-state index contributed by atoms with van der Waals surface area (Å²) in [7, 11) is 0. The average Bonchev–Trinajstić information content (AvgIpc) is 3.40. The molecule has 1 amide bonds. The Kier molecular flexibility index (Phi) is 6.53. The first-order valence-electron chi connectivity index (χ1n) is 11.5. The lowest BCUT2D eigenvalue weighted by atomic mass is 9.90. The molecule has 1 aliphatic rings. The van der Waals surface area contributed by atoms with Crippen LogP contribution in [0.5, 0.6) is 0 Å². The molecule has 0 spiro atoms. The van der Waals surface area contributed by atoms with Gasteiger partial charge in [0.15, 0.2) is 0 Å². The zero-order chi connectivity index (χ0) is 25.3. The van der Waals surface area contributed by atoms with E-state index in [0.29, 0.717) is 47.3 Å². The molecule has 0 bridgehead atoms. The molecule has 11 heteroatoms. The highest BCUT2D eigenvalue weighted by atomic mass is 35.5. The normalized spacial score (nSPS) is 18.2. The van der Waals surface area contributed by atoms with Crippen LogP contribution in [0.2, 0.25) is 5.02 Å². The number of nitrogens with one attached hydrogen (secondary N) is 2. The second kappa shape index (κ2) is 9.77. The van der Waals surface area contributed by atoms with E-state index in [1.54, 1.807) is 35.3 Å². The topological polar surface area (TPSA) is 84.7 Å². The average molecular weight is 515 g/mol. The number of carbonyl (C=O) groups is 1. The summed E-state index contributed by atoms with van der Waals surface area (Å²) < 4.78 is 41.8. The molecular weight excluding hydrogens is 493 g/mol. The van der Waals surface area contributed by atoms with E-state index in [0.717, 1.165) is 11.8 Å². The van der Waals surface area contributed by atoms with Crippen LogP contribution >= 0.6 is 11.6 Å². The first kappa shape index (κ1) is 24.1. The summed E-state index contributed by atoms with van der Waals surface area (Å²) in [6.07, 6.45) is 1.20. The first-order valence-corrected chi connectivity index (χ1v) is 11.8. The Hall–Kier alpha value is -3.66. The highest BCUT2D eigenvalue weighted by Crippen LogP contribution is 2.35. The Morgan fingerprint density at radius 3 is 2.53 bits per heavy atom. The van der Waals surface area contributed by atoms with Gasteiger partial charge >= 0.3 is 6.18 Å². The van der Waals surface area contributed by atoms with Crippen molar-refractivity contribution in [2.24, 2.45) is 0 Å². The van der Waals surface area contributed by atoms with E-state index in [1.807, 2.05) is 6.07 Å². The fraction of sp³-hybridized carbons (Fsp3) is 0.280. The Morgan fingerprint density at radius 1 is 1.03 bits per heavy atom. The number of amides is 1. The third-order valence-electron chi connectivity index (χ3n) is 6.27. The third-order valence-corrected chi connectivity index (χ3v) is 6.51. The minimum absolute atomic E-state index is 0.0278. The van der Waals surface area contributed by atoms with Crippen LogP contribution in [-0.2, 0) is 6.18 Å². The Morgan fingerprint density at radius 2 is 1.81 bits per heavy atom. The minimum Gasteiger partial charge on any atom is -0.382 e. The molecule has 0 atom stereocenters. The van der Waals surface area contributed by atoms with Crippen LogP contribution in [0.1, 0.15) is 41.7 Å². The summed E-state index contributed by atoms with van der Waals surface area (Å²) in [6.45, 7) is 0. The van der Waals surface area contributed by atoms with Crippen molar-refractivity contribution >= 4 is 34.1 Å². The number of aromatic nitrogens is 4. The monoisotopic (exact) mass is 514 g/mol. The third kappa shape index (κ3) is 5.28. The van der Waals surface area contributed by atoms with Gasteiger partial charge in [-0.15, -0.1) is 0 Å². The van der Waals surface area contributed by atoms with Gasteiger partial charge in [-0.2, -0.15) is 18.3 Å². The van der Waals surface area contributed by atoms with Crippen LogP contribution in [0.15, 0.2) is 61.2 Å². The second-order valence-electron chi connectivity index (χ2n) is 8.77. The summed E-state index contributed by atoms with van der Waals surface area (Å²) in [5.41, 5.74) is 0.881. The maximum absolute atomic E-state index is 13.4. The first-order chi connectivity index (χ1) is 17.3. The van der Waals surface area contributed by atoms with E-state index < -0.39 is 11.9 Å². The Bertz CT molecular complexity index is 1380. The van der Waals surface area contributed by atoms with Gasteiger partial charge in [0.25, 0.3) is 5.91 Å². The molecule has 1 aliphatic carbocycles. The Labute approximate surface area is 209 Å².